The fraction of sp³-hybridized carbons (Fsp3) is 0.471. The number of ether oxygens (including phenoxy) is 1. The van der Waals surface area contributed by atoms with Gasteiger partial charge in [-0.05, 0) is 49.7 Å². The summed E-state index contributed by atoms with van der Waals surface area (Å²) in [6.45, 7) is 2.28. The number of hydrogen-bond acceptors (Lipinski definition) is 5. The second-order valence-electron chi connectivity index (χ2n) is 6.06. The van der Waals surface area contributed by atoms with Crippen LogP contribution in [0.5, 0.6) is 11.5 Å². The van der Waals surface area contributed by atoms with Crippen LogP contribution in [0.15, 0.2) is 17.2 Å². The van der Waals surface area contributed by atoms with E-state index < -0.39 is 0 Å². The fourth-order valence-electron chi connectivity index (χ4n) is 3.10. The second-order valence-corrected chi connectivity index (χ2v) is 6.85. The summed E-state index contributed by atoms with van der Waals surface area (Å²) in [6.07, 6.45) is 7.55. The zero-order chi connectivity index (χ0) is 17.8. The van der Waals surface area contributed by atoms with Gasteiger partial charge >= 0.3 is 0 Å². The maximum Gasteiger partial charge on any atom is 0.216 e. The van der Waals surface area contributed by atoms with Crippen molar-refractivity contribution in [2.24, 2.45) is 5.10 Å². The van der Waals surface area contributed by atoms with E-state index >= 15 is 0 Å². The lowest BCUT2D eigenvalue weighted by Gasteiger charge is -2.19. The minimum Gasteiger partial charge on any atom is -0.503 e. The van der Waals surface area contributed by atoms with E-state index in [1.165, 1.54) is 19.3 Å². The van der Waals surface area contributed by atoms with Crippen molar-refractivity contribution in [1.29, 1.82) is 0 Å². The molecule has 0 radical (unpaired) electrons. The number of nitrogens with one attached hydrogen (secondary N) is 1. The fourth-order valence-corrected chi connectivity index (χ4v) is 3.50. The van der Waals surface area contributed by atoms with Gasteiger partial charge in [-0.3, -0.25) is 5.10 Å². The van der Waals surface area contributed by atoms with Crippen molar-refractivity contribution < 1.29 is 9.84 Å². The molecular weight excluding hydrogens is 360 g/mol. The molecule has 2 N–H and O–H groups in total. The zero-order valence-electron chi connectivity index (χ0n) is 14.0. The summed E-state index contributed by atoms with van der Waals surface area (Å²) in [5.74, 6) is 1.51. The number of hydrogen-bond donors (Lipinski definition) is 2. The lowest BCUT2D eigenvalue weighted by molar-refractivity contribution is 0.318. The molecule has 0 aliphatic heterocycles. The van der Waals surface area contributed by atoms with E-state index in [1.807, 2.05) is 6.92 Å². The van der Waals surface area contributed by atoms with Crippen molar-refractivity contribution in [3.8, 4) is 11.5 Å². The van der Waals surface area contributed by atoms with Crippen LogP contribution in [-0.4, -0.2) is 32.8 Å². The lowest BCUT2D eigenvalue weighted by Crippen LogP contribution is -2.10. The first-order valence-corrected chi connectivity index (χ1v) is 9.25. The first-order chi connectivity index (χ1) is 12.1. The third-order valence-electron chi connectivity index (χ3n) is 4.32. The molecular formula is C17H21ClN4O2S. The van der Waals surface area contributed by atoms with Crippen LogP contribution >= 0.6 is 23.8 Å². The molecule has 1 saturated carbocycles. The number of aromatic nitrogens is 3. The average Bonchev–Trinajstić information content (AvgIpc) is 2.99. The van der Waals surface area contributed by atoms with Crippen LogP contribution in [-0.2, 0) is 0 Å². The number of phenols is 1. The molecule has 0 atom stereocenters. The number of phenolic OH excluding ortho intramolecular Hbond substituents is 1. The molecule has 6 nitrogen and oxygen atoms in total. The van der Waals surface area contributed by atoms with Gasteiger partial charge in [0.1, 0.15) is 0 Å². The van der Waals surface area contributed by atoms with Gasteiger partial charge in [-0.25, -0.2) is 0 Å². The van der Waals surface area contributed by atoms with Crippen LogP contribution in [0.3, 0.4) is 0 Å². The van der Waals surface area contributed by atoms with Crippen molar-refractivity contribution in [3.63, 3.8) is 0 Å². The number of aromatic hydroxyl groups is 1. The van der Waals surface area contributed by atoms with Gasteiger partial charge in [-0.2, -0.15) is 14.9 Å². The maximum atomic E-state index is 9.93. The van der Waals surface area contributed by atoms with Crippen molar-refractivity contribution in [2.75, 3.05) is 6.61 Å². The SMILES string of the molecule is CCOc1cc(/C=N\n2c(C3CCCCC3)n[nH]c2=S)cc(Cl)c1O. The van der Waals surface area contributed by atoms with Gasteiger partial charge in [0.15, 0.2) is 17.3 Å². The van der Waals surface area contributed by atoms with Crippen LogP contribution in [0.4, 0.5) is 0 Å². The third kappa shape index (κ3) is 4.04. The highest BCUT2D eigenvalue weighted by Crippen LogP contribution is 2.35. The van der Waals surface area contributed by atoms with Gasteiger partial charge in [0.2, 0.25) is 4.77 Å². The van der Waals surface area contributed by atoms with Gasteiger partial charge in [0.05, 0.1) is 17.8 Å². The Balaban J connectivity index is 1.90. The Labute approximate surface area is 156 Å². The van der Waals surface area contributed by atoms with Crippen LogP contribution in [0.1, 0.15) is 56.3 Å². The predicted octanol–water partition coefficient (Wildman–Crippen LogP) is 4.63. The Morgan fingerprint density at radius 3 is 2.92 bits per heavy atom. The molecule has 2 aromatic rings. The predicted molar refractivity (Wildman–Crippen MR) is 101 cm³/mol. The summed E-state index contributed by atoms with van der Waals surface area (Å²) in [7, 11) is 0. The molecule has 3 rings (SSSR count). The van der Waals surface area contributed by atoms with Gasteiger partial charge < -0.3 is 9.84 Å². The van der Waals surface area contributed by atoms with Crippen molar-refractivity contribution in [2.45, 2.75) is 44.9 Å². The molecule has 8 heteroatoms. The summed E-state index contributed by atoms with van der Waals surface area (Å²) < 4.78 is 7.53. The number of aromatic amines is 1. The highest BCUT2D eigenvalue weighted by atomic mass is 35.5. The largest absolute Gasteiger partial charge is 0.503 e. The topological polar surface area (TPSA) is 75.4 Å². The van der Waals surface area contributed by atoms with Gasteiger partial charge in [-0.15, -0.1) is 0 Å². The number of H-pyrrole nitrogens is 1. The maximum absolute atomic E-state index is 9.93. The van der Waals surface area contributed by atoms with E-state index in [4.69, 9.17) is 28.6 Å². The first kappa shape index (κ1) is 17.9. The van der Waals surface area contributed by atoms with Crippen LogP contribution in [0.2, 0.25) is 5.02 Å². The number of halogens is 1. The van der Waals surface area contributed by atoms with Gasteiger partial charge in [0.25, 0.3) is 0 Å². The van der Waals surface area contributed by atoms with Crippen molar-refractivity contribution >= 4 is 30.0 Å². The molecule has 0 amide bonds. The Kier molecular flexibility index (Phi) is 5.75. The molecule has 0 saturated heterocycles. The van der Waals surface area contributed by atoms with Gasteiger partial charge in [0, 0.05) is 5.92 Å². The molecule has 0 bridgehead atoms. The minimum atomic E-state index is -0.0662. The zero-order valence-corrected chi connectivity index (χ0v) is 15.6. The Bertz CT molecular complexity index is 825. The van der Waals surface area contributed by atoms with Crippen LogP contribution < -0.4 is 4.74 Å². The Morgan fingerprint density at radius 1 is 1.44 bits per heavy atom. The molecule has 1 heterocycles. The smallest absolute Gasteiger partial charge is 0.216 e. The van der Waals surface area contributed by atoms with E-state index in [2.05, 4.69) is 15.3 Å². The molecule has 1 aromatic carbocycles. The van der Waals surface area contributed by atoms with Crippen molar-refractivity contribution in [3.05, 3.63) is 33.3 Å². The molecule has 25 heavy (non-hydrogen) atoms. The Hall–Kier alpha value is -1.86. The van der Waals surface area contributed by atoms with Crippen molar-refractivity contribution in [1.82, 2.24) is 14.9 Å². The summed E-state index contributed by atoms with van der Waals surface area (Å²) in [4.78, 5) is 0. The Morgan fingerprint density at radius 2 is 2.20 bits per heavy atom. The quantitative estimate of drug-likeness (QED) is 0.585. The van der Waals surface area contributed by atoms with E-state index in [0.29, 0.717) is 28.6 Å². The molecule has 0 unspecified atom stereocenters. The molecule has 1 fully saturated rings. The number of benzene rings is 1. The minimum absolute atomic E-state index is 0.0662. The van der Waals surface area contributed by atoms with E-state index in [1.54, 1.807) is 23.0 Å². The van der Waals surface area contributed by atoms with Crippen LogP contribution in [0, 0.1) is 4.77 Å². The summed E-state index contributed by atoms with van der Waals surface area (Å²) in [5, 5.41) is 21.8. The lowest BCUT2D eigenvalue weighted by atomic mass is 9.89. The second kappa shape index (κ2) is 8.01. The third-order valence-corrected chi connectivity index (χ3v) is 4.87. The van der Waals surface area contributed by atoms with E-state index in [-0.39, 0.29) is 10.8 Å². The van der Waals surface area contributed by atoms with Crippen LogP contribution in [0.25, 0.3) is 0 Å². The molecule has 1 aliphatic rings. The standard InChI is InChI=1S/C17H21ClN4O2S/c1-2-24-14-9-11(8-13(18)15(14)23)10-19-22-16(20-21-17(22)25)12-6-4-3-5-7-12/h8-10,12,23H,2-7H2,1H3,(H,21,25)/b19-10-. The average molecular weight is 381 g/mol. The molecule has 134 valence electrons. The molecule has 1 aromatic heterocycles. The number of nitrogens with zero attached hydrogens (tertiary/aromatic N) is 3. The normalized spacial score (nSPS) is 15.8. The molecule has 1 aliphatic carbocycles. The monoisotopic (exact) mass is 380 g/mol. The number of rotatable bonds is 5. The summed E-state index contributed by atoms with van der Waals surface area (Å²) in [6, 6.07) is 3.32. The summed E-state index contributed by atoms with van der Waals surface area (Å²) >= 11 is 11.4. The highest BCUT2D eigenvalue weighted by Gasteiger charge is 2.21. The first-order valence-electron chi connectivity index (χ1n) is 8.47. The molecule has 0 spiro atoms. The highest BCUT2D eigenvalue weighted by molar-refractivity contribution is 7.71. The van der Waals surface area contributed by atoms with E-state index in [9.17, 15) is 5.11 Å². The van der Waals surface area contributed by atoms with E-state index in [0.717, 1.165) is 18.7 Å². The van der Waals surface area contributed by atoms with Gasteiger partial charge in [-0.1, -0.05) is 30.9 Å². The summed E-state index contributed by atoms with van der Waals surface area (Å²) in [5.41, 5.74) is 0.712.